The zero-order chi connectivity index (χ0) is 24.5. The third-order valence-corrected chi connectivity index (χ3v) is 5.32. The van der Waals surface area contributed by atoms with Gasteiger partial charge in [-0.05, 0) is 42.3 Å². The minimum atomic E-state index is -4.81. The van der Waals surface area contributed by atoms with Gasteiger partial charge >= 0.3 is 6.18 Å². The molecule has 0 radical (unpaired) electrons. The van der Waals surface area contributed by atoms with Gasteiger partial charge in [0.05, 0.1) is 12.2 Å². The number of alkyl halides is 3. The number of amides is 1. The number of nitrogens with one attached hydrogen (secondary N) is 1. The summed E-state index contributed by atoms with van der Waals surface area (Å²) in [5, 5.41) is 11.5. The number of aromatic nitrogens is 2. The van der Waals surface area contributed by atoms with Gasteiger partial charge in [-0.25, -0.2) is 14.4 Å². The van der Waals surface area contributed by atoms with E-state index in [1.54, 1.807) is 23.1 Å². The van der Waals surface area contributed by atoms with Gasteiger partial charge in [0.25, 0.3) is 5.91 Å². The molecule has 0 saturated carbocycles. The Balaban J connectivity index is 1.65. The van der Waals surface area contributed by atoms with Crippen LogP contribution in [0, 0.1) is 5.82 Å². The molecule has 11 heteroatoms. The first-order valence-electron chi connectivity index (χ1n) is 10.2. The Bertz CT molecular complexity index is 1260. The Morgan fingerprint density at radius 2 is 1.91 bits per heavy atom. The van der Waals surface area contributed by atoms with Crippen molar-refractivity contribution >= 4 is 23.2 Å². The van der Waals surface area contributed by atoms with E-state index in [0.717, 1.165) is 18.0 Å². The SMILES string of the molecule is O=C(c1cc(F)cc(C(F)(F)F)c1)c1cc(N2CCc3c(C(=O)NCCO)cccc32)ncn1. The summed E-state index contributed by atoms with van der Waals surface area (Å²) in [6.45, 7) is 0.350. The van der Waals surface area contributed by atoms with Crippen LogP contribution >= 0.6 is 0 Å². The third-order valence-electron chi connectivity index (χ3n) is 5.32. The van der Waals surface area contributed by atoms with Crippen LogP contribution in [-0.2, 0) is 12.6 Å². The van der Waals surface area contributed by atoms with Crippen LogP contribution in [0.1, 0.15) is 37.5 Å². The predicted octanol–water partition coefficient (Wildman–Crippen LogP) is 3.28. The highest BCUT2D eigenvalue weighted by Crippen LogP contribution is 2.36. The molecule has 1 amide bonds. The molecule has 0 unspecified atom stereocenters. The molecule has 0 atom stereocenters. The molecule has 0 bridgehead atoms. The summed E-state index contributed by atoms with van der Waals surface area (Å²) in [4.78, 5) is 35.0. The minimum Gasteiger partial charge on any atom is -0.395 e. The van der Waals surface area contributed by atoms with Gasteiger partial charge in [-0.3, -0.25) is 9.59 Å². The van der Waals surface area contributed by atoms with Gasteiger partial charge in [-0.2, -0.15) is 13.2 Å². The molecule has 1 aromatic heterocycles. The van der Waals surface area contributed by atoms with Gasteiger partial charge in [0.2, 0.25) is 5.78 Å². The summed E-state index contributed by atoms with van der Waals surface area (Å²) in [5.41, 5.74) is -0.0808. The maximum Gasteiger partial charge on any atom is 0.416 e. The number of hydrogen-bond donors (Lipinski definition) is 2. The van der Waals surface area contributed by atoms with Gasteiger partial charge in [0.1, 0.15) is 23.7 Å². The molecule has 1 aliphatic heterocycles. The second kappa shape index (κ2) is 9.18. The molecule has 34 heavy (non-hydrogen) atoms. The highest BCUT2D eigenvalue weighted by Gasteiger charge is 2.32. The van der Waals surface area contributed by atoms with Crippen LogP contribution in [0.3, 0.4) is 0 Å². The Hall–Kier alpha value is -3.86. The van der Waals surface area contributed by atoms with Crippen LogP contribution in [0.2, 0.25) is 0 Å². The topological polar surface area (TPSA) is 95.4 Å². The number of carbonyl (C=O) groups excluding carboxylic acids is 2. The fourth-order valence-corrected chi connectivity index (χ4v) is 3.80. The predicted molar refractivity (Wildman–Crippen MR) is 113 cm³/mol. The Morgan fingerprint density at radius 3 is 2.65 bits per heavy atom. The van der Waals surface area contributed by atoms with Crippen LogP contribution in [0.5, 0.6) is 0 Å². The highest BCUT2D eigenvalue weighted by molar-refractivity contribution is 6.08. The lowest BCUT2D eigenvalue weighted by atomic mass is 10.0. The summed E-state index contributed by atoms with van der Waals surface area (Å²) in [5.74, 6) is -2.10. The van der Waals surface area contributed by atoms with E-state index >= 15 is 0 Å². The molecule has 0 spiro atoms. The number of halogens is 4. The van der Waals surface area contributed by atoms with Crippen molar-refractivity contribution in [3.63, 3.8) is 0 Å². The van der Waals surface area contributed by atoms with Crippen LogP contribution in [0.25, 0.3) is 0 Å². The molecule has 2 aromatic carbocycles. The van der Waals surface area contributed by atoms with Crippen molar-refractivity contribution in [3.8, 4) is 0 Å². The van der Waals surface area contributed by atoms with Gasteiger partial charge in [-0.1, -0.05) is 6.07 Å². The van der Waals surface area contributed by atoms with E-state index in [9.17, 15) is 27.2 Å². The zero-order valence-electron chi connectivity index (χ0n) is 17.6. The maximum atomic E-state index is 13.8. The number of ketones is 1. The van der Waals surface area contributed by atoms with Gasteiger partial charge in [0.15, 0.2) is 0 Å². The van der Waals surface area contributed by atoms with Crippen LogP contribution < -0.4 is 10.2 Å². The number of fused-ring (bicyclic) bond motifs is 1. The van der Waals surface area contributed by atoms with Crippen LogP contribution in [0.15, 0.2) is 48.8 Å². The number of carbonyl (C=O) groups is 2. The summed E-state index contributed by atoms with van der Waals surface area (Å²) in [6.07, 6.45) is -3.21. The van der Waals surface area contributed by atoms with Gasteiger partial charge in [-0.15, -0.1) is 0 Å². The normalized spacial score (nSPS) is 13.0. The highest BCUT2D eigenvalue weighted by atomic mass is 19.4. The Labute approximate surface area is 191 Å². The van der Waals surface area contributed by atoms with Crippen molar-refractivity contribution in [1.82, 2.24) is 15.3 Å². The van der Waals surface area contributed by atoms with Crippen molar-refractivity contribution < 1.29 is 32.3 Å². The molecule has 2 N–H and O–H groups in total. The quantitative estimate of drug-likeness (QED) is 0.421. The monoisotopic (exact) mass is 474 g/mol. The largest absolute Gasteiger partial charge is 0.416 e. The molecule has 4 rings (SSSR count). The fourth-order valence-electron chi connectivity index (χ4n) is 3.80. The lowest BCUT2D eigenvalue weighted by Gasteiger charge is -2.19. The van der Waals surface area contributed by atoms with Crippen LogP contribution in [0.4, 0.5) is 29.1 Å². The number of aliphatic hydroxyl groups excluding tert-OH is 1. The van der Waals surface area contributed by atoms with Crippen molar-refractivity contribution in [2.24, 2.45) is 0 Å². The van der Waals surface area contributed by atoms with Gasteiger partial charge in [0, 0.05) is 36.0 Å². The number of hydrogen-bond acceptors (Lipinski definition) is 6. The van der Waals surface area contributed by atoms with E-state index in [4.69, 9.17) is 5.11 Å². The molecule has 1 aliphatic rings. The minimum absolute atomic E-state index is 0.111. The Kier molecular flexibility index (Phi) is 6.29. The summed E-state index contributed by atoms with van der Waals surface area (Å²) >= 11 is 0. The molecule has 176 valence electrons. The first-order valence-corrected chi connectivity index (χ1v) is 10.2. The number of rotatable bonds is 6. The van der Waals surface area contributed by atoms with E-state index < -0.39 is 28.9 Å². The number of benzene rings is 2. The van der Waals surface area contributed by atoms with Crippen LogP contribution in [-0.4, -0.2) is 46.5 Å². The van der Waals surface area contributed by atoms with E-state index in [1.807, 2.05) is 0 Å². The third kappa shape index (κ3) is 4.60. The molecule has 0 fully saturated rings. The van der Waals surface area contributed by atoms with Crippen molar-refractivity contribution in [3.05, 3.63) is 82.6 Å². The standard InChI is InChI=1S/C23H18F4N4O3/c24-15-9-13(8-14(10-15)23(25,26)27)21(33)18-11-20(30-12-29-18)31-6-4-16-17(2-1-3-19(16)31)22(34)28-5-7-32/h1-3,8-12,32H,4-7H2,(H,28,34). The number of aliphatic hydroxyl groups is 1. The molecular weight excluding hydrogens is 456 g/mol. The second-order valence-electron chi connectivity index (χ2n) is 7.50. The van der Waals surface area contributed by atoms with Crippen molar-refractivity contribution in [1.29, 1.82) is 0 Å². The first kappa shape index (κ1) is 23.3. The maximum absolute atomic E-state index is 13.8. The summed E-state index contributed by atoms with van der Waals surface area (Å²) in [7, 11) is 0. The smallest absolute Gasteiger partial charge is 0.395 e. The Morgan fingerprint density at radius 1 is 1.12 bits per heavy atom. The molecule has 2 heterocycles. The molecule has 0 aliphatic carbocycles. The molecule has 0 saturated heterocycles. The molecule has 3 aromatic rings. The lowest BCUT2D eigenvalue weighted by molar-refractivity contribution is -0.137. The van der Waals surface area contributed by atoms with E-state index in [2.05, 4.69) is 15.3 Å². The number of nitrogens with zero attached hydrogens (tertiary/aromatic N) is 3. The first-order chi connectivity index (χ1) is 16.2. The molecular formula is C23H18F4N4O3. The second-order valence-corrected chi connectivity index (χ2v) is 7.50. The molecule has 7 nitrogen and oxygen atoms in total. The van der Waals surface area contributed by atoms with E-state index in [0.29, 0.717) is 42.2 Å². The average molecular weight is 474 g/mol. The van der Waals surface area contributed by atoms with Crippen molar-refractivity contribution in [2.75, 3.05) is 24.6 Å². The van der Waals surface area contributed by atoms with E-state index in [-0.39, 0.29) is 24.8 Å². The number of anilines is 2. The van der Waals surface area contributed by atoms with Crippen molar-refractivity contribution in [2.45, 2.75) is 12.6 Å². The van der Waals surface area contributed by atoms with E-state index in [1.165, 1.54) is 6.07 Å². The lowest BCUT2D eigenvalue weighted by Crippen LogP contribution is -2.27. The summed E-state index contributed by atoms with van der Waals surface area (Å²) in [6, 6.07) is 8.05. The zero-order valence-corrected chi connectivity index (χ0v) is 17.6. The fraction of sp³-hybridized carbons (Fsp3) is 0.217. The van der Waals surface area contributed by atoms with Gasteiger partial charge < -0.3 is 15.3 Å². The summed E-state index contributed by atoms with van der Waals surface area (Å²) < 4.78 is 52.9. The average Bonchev–Trinajstić information content (AvgIpc) is 3.25.